The number of halogens is 1. The molecule has 0 fully saturated rings. The van der Waals surface area contributed by atoms with E-state index in [0.29, 0.717) is 36.1 Å². The predicted octanol–water partition coefficient (Wildman–Crippen LogP) is 3.65. The van der Waals surface area contributed by atoms with Gasteiger partial charge in [-0.25, -0.2) is 0 Å². The van der Waals surface area contributed by atoms with Gasteiger partial charge in [0.2, 0.25) is 0 Å². The molecule has 0 radical (unpaired) electrons. The number of benzene rings is 2. The molecular weight excluding hydrogens is 483 g/mol. The predicted molar refractivity (Wildman–Crippen MR) is 128 cm³/mol. The highest BCUT2D eigenvalue weighted by Gasteiger charge is 2.08. The first-order chi connectivity index (χ1) is 13.6. The summed E-state index contributed by atoms with van der Waals surface area (Å²) in [4.78, 5) is 16.4. The van der Waals surface area contributed by atoms with Gasteiger partial charge in [-0.2, -0.15) is 0 Å². The van der Waals surface area contributed by atoms with E-state index < -0.39 is 0 Å². The van der Waals surface area contributed by atoms with Crippen LogP contribution >= 0.6 is 24.0 Å². The van der Waals surface area contributed by atoms with Gasteiger partial charge in [0.15, 0.2) is 17.5 Å². The third-order valence-electron chi connectivity index (χ3n) is 4.05. The zero-order valence-electron chi connectivity index (χ0n) is 17.2. The number of aliphatic imine (C=N–C) groups is 1. The first-order valence-corrected chi connectivity index (χ1v) is 9.18. The van der Waals surface area contributed by atoms with E-state index in [1.165, 1.54) is 0 Å². The normalized spacial score (nSPS) is 10.6. The minimum atomic E-state index is -0.0588. The van der Waals surface area contributed by atoms with E-state index in [4.69, 9.17) is 9.47 Å². The molecule has 2 rings (SSSR count). The molecule has 0 bridgehead atoms. The lowest BCUT2D eigenvalue weighted by molar-refractivity contribution is 0.0953. The Balaban J connectivity index is 0.00000420. The molecule has 2 aromatic rings. The van der Waals surface area contributed by atoms with E-state index in [1.54, 1.807) is 21.3 Å². The van der Waals surface area contributed by atoms with E-state index in [2.05, 4.69) is 20.9 Å². The van der Waals surface area contributed by atoms with Crippen LogP contribution in [-0.2, 0) is 6.54 Å². The van der Waals surface area contributed by atoms with Crippen molar-refractivity contribution in [3.05, 3.63) is 53.6 Å². The number of methoxy groups -OCH3 is 2. The van der Waals surface area contributed by atoms with Crippen LogP contribution in [0.25, 0.3) is 0 Å². The van der Waals surface area contributed by atoms with Gasteiger partial charge in [-0.1, -0.05) is 19.1 Å². The average Bonchev–Trinajstić information content (AvgIpc) is 2.74. The van der Waals surface area contributed by atoms with Gasteiger partial charge in [-0.05, 0) is 36.2 Å². The van der Waals surface area contributed by atoms with E-state index in [1.807, 2.05) is 49.4 Å². The minimum Gasteiger partial charge on any atom is -0.493 e. The molecule has 0 aliphatic carbocycles. The second kappa shape index (κ2) is 12.9. The van der Waals surface area contributed by atoms with Crippen LogP contribution in [-0.4, -0.2) is 39.7 Å². The number of hydrogen-bond donors (Lipinski definition) is 3. The van der Waals surface area contributed by atoms with E-state index in [9.17, 15) is 4.79 Å². The maximum atomic E-state index is 12.1. The number of amides is 1. The smallest absolute Gasteiger partial charge is 0.251 e. The summed E-state index contributed by atoms with van der Waals surface area (Å²) in [6, 6.07) is 13.1. The lowest BCUT2D eigenvalue weighted by Crippen LogP contribution is -2.30. The SMILES string of the molecule is CCCNC(=O)c1cccc(CNC(=NC)Nc2ccc(OC)c(OC)c2)c1.I. The Morgan fingerprint density at radius 1 is 1.03 bits per heavy atom. The molecule has 158 valence electrons. The van der Waals surface area contributed by atoms with Gasteiger partial charge < -0.3 is 25.4 Å². The number of hydrogen-bond acceptors (Lipinski definition) is 4. The van der Waals surface area contributed by atoms with Crippen LogP contribution in [0.1, 0.15) is 29.3 Å². The van der Waals surface area contributed by atoms with Crippen molar-refractivity contribution in [1.82, 2.24) is 10.6 Å². The number of carbonyl (C=O) groups is 1. The van der Waals surface area contributed by atoms with Crippen LogP contribution in [0, 0.1) is 0 Å². The van der Waals surface area contributed by atoms with E-state index >= 15 is 0 Å². The Hall–Kier alpha value is -2.49. The van der Waals surface area contributed by atoms with Crippen LogP contribution in [0.15, 0.2) is 47.5 Å². The molecule has 7 nitrogen and oxygen atoms in total. The van der Waals surface area contributed by atoms with Gasteiger partial charge in [0.25, 0.3) is 5.91 Å². The standard InChI is InChI=1S/C21H28N4O3.HI/c1-5-11-23-20(26)16-8-6-7-15(12-16)14-24-21(22-2)25-17-9-10-18(27-3)19(13-17)28-4;/h6-10,12-13H,5,11,14H2,1-4H3,(H,23,26)(H2,22,24,25);1H. The molecular formula is C21H29IN4O3. The largest absolute Gasteiger partial charge is 0.493 e. The molecule has 0 saturated heterocycles. The number of nitrogens with one attached hydrogen (secondary N) is 3. The molecule has 1 amide bonds. The lowest BCUT2D eigenvalue weighted by Gasteiger charge is -2.14. The van der Waals surface area contributed by atoms with E-state index in [-0.39, 0.29) is 29.9 Å². The van der Waals surface area contributed by atoms with Crippen molar-refractivity contribution >= 4 is 41.5 Å². The van der Waals surface area contributed by atoms with Crippen LogP contribution < -0.4 is 25.4 Å². The molecule has 0 unspecified atom stereocenters. The van der Waals surface area contributed by atoms with Crippen LogP contribution in [0.2, 0.25) is 0 Å². The number of anilines is 1. The van der Waals surface area contributed by atoms with Gasteiger partial charge in [-0.15, -0.1) is 24.0 Å². The third-order valence-corrected chi connectivity index (χ3v) is 4.05. The third kappa shape index (κ3) is 7.45. The van der Waals surface area contributed by atoms with Crippen molar-refractivity contribution in [2.45, 2.75) is 19.9 Å². The molecule has 29 heavy (non-hydrogen) atoms. The molecule has 3 N–H and O–H groups in total. The fourth-order valence-corrected chi connectivity index (χ4v) is 2.58. The monoisotopic (exact) mass is 512 g/mol. The highest BCUT2D eigenvalue weighted by Crippen LogP contribution is 2.29. The van der Waals surface area contributed by atoms with Crippen molar-refractivity contribution in [2.75, 3.05) is 33.1 Å². The van der Waals surface area contributed by atoms with Crippen LogP contribution in [0.4, 0.5) is 5.69 Å². The highest BCUT2D eigenvalue weighted by molar-refractivity contribution is 14.0. The fourth-order valence-electron chi connectivity index (χ4n) is 2.58. The Morgan fingerprint density at radius 2 is 1.79 bits per heavy atom. The summed E-state index contributed by atoms with van der Waals surface area (Å²) in [7, 11) is 4.89. The zero-order chi connectivity index (χ0) is 20.4. The maximum absolute atomic E-state index is 12.1. The lowest BCUT2D eigenvalue weighted by atomic mass is 10.1. The fraction of sp³-hybridized carbons (Fsp3) is 0.333. The molecule has 0 aliphatic heterocycles. The minimum absolute atomic E-state index is 0. The zero-order valence-corrected chi connectivity index (χ0v) is 19.6. The van der Waals surface area contributed by atoms with Gasteiger partial charge in [0.1, 0.15) is 0 Å². The van der Waals surface area contributed by atoms with Gasteiger partial charge in [0, 0.05) is 37.5 Å². The summed E-state index contributed by atoms with van der Waals surface area (Å²) >= 11 is 0. The van der Waals surface area contributed by atoms with Crippen molar-refractivity contribution < 1.29 is 14.3 Å². The second-order valence-electron chi connectivity index (χ2n) is 6.08. The topological polar surface area (TPSA) is 84.0 Å². The number of guanidine groups is 1. The van der Waals surface area contributed by atoms with Crippen LogP contribution in [0.5, 0.6) is 11.5 Å². The Bertz CT molecular complexity index is 827. The number of rotatable bonds is 8. The Kier molecular flexibility index (Phi) is 10.9. The van der Waals surface area contributed by atoms with Crippen molar-refractivity contribution in [3.63, 3.8) is 0 Å². The summed E-state index contributed by atoms with van der Waals surface area (Å²) in [6.45, 7) is 3.22. The molecule has 0 saturated carbocycles. The molecule has 0 atom stereocenters. The summed E-state index contributed by atoms with van der Waals surface area (Å²) in [5, 5.41) is 9.35. The van der Waals surface area contributed by atoms with Crippen LogP contribution in [0.3, 0.4) is 0 Å². The summed E-state index contributed by atoms with van der Waals surface area (Å²) in [5.41, 5.74) is 2.45. The first kappa shape index (κ1) is 24.5. The van der Waals surface area contributed by atoms with Crippen molar-refractivity contribution in [2.24, 2.45) is 4.99 Å². The van der Waals surface area contributed by atoms with Crippen molar-refractivity contribution in [3.8, 4) is 11.5 Å². The molecule has 2 aromatic carbocycles. The first-order valence-electron chi connectivity index (χ1n) is 9.18. The summed E-state index contributed by atoms with van der Waals surface area (Å²) in [6.07, 6.45) is 0.908. The molecule has 0 spiro atoms. The maximum Gasteiger partial charge on any atom is 0.251 e. The average molecular weight is 512 g/mol. The quantitative estimate of drug-likeness (QED) is 0.286. The molecule has 0 aromatic heterocycles. The van der Waals surface area contributed by atoms with Crippen molar-refractivity contribution in [1.29, 1.82) is 0 Å². The Morgan fingerprint density at radius 3 is 2.45 bits per heavy atom. The second-order valence-corrected chi connectivity index (χ2v) is 6.08. The van der Waals surface area contributed by atoms with Gasteiger partial charge >= 0.3 is 0 Å². The van der Waals surface area contributed by atoms with E-state index in [0.717, 1.165) is 17.7 Å². The molecule has 0 heterocycles. The molecule has 0 aliphatic rings. The summed E-state index contributed by atoms with van der Waals surface area (Å²) < 4.78 is 10.6. The number of nitrogens with zero attached hydrogens (tertiary/aromatic N) is 1. The summed E-state index contributed by atoms with van der Waals surface area (Å²) in [5.74, 6) is 1.84. The Labute approximate surface area is 189 Å². The highest BCUT2D eigenvalue weighted by atomic mass is 127. The number of carbonyl (C=O) groups excluding carboxylic acids is 1. The molecule has 8 heteroatoms. The van der Waals surface area contributed by atoms with Gasteiger partial charge in [0.05, 0.1) is 14.2 Å². The number of ether oxygens (including phenoxy) is 2. The van der Waals surface area contributed by atoms with Gasteiger partial charge in [-0.3, -0.25) is 9.79 Å².